The molecule has 0 saturated carbocycles. The van der Waals surface area contributed by atoms with E-state index in [1.807, 2.05) is 0 Å². The number of likely N-dealkylation sites (N-methyl/N-ethyl adjacent to an activating group) is 1. The Morgan fingerprint density at radius 2 is 2.15 bits per heavy atom. The molecule has 0 spiro atoms. The van der Waals surface area contributed by atoms with Crippen LogP contribution in [0.1, 0.15) is 5.56 Å². The lowest BCUT2D eigenvalue weighted by Gasteiger charge is -2.11. The molecule has 136 valence electrons. The van der Waals surface area contributed by atoms with Crippen LogP contribution in [-0.2, 0) is 11.4 Å². The van der Waals surface area contributed by atoms with Gasteiger partial charge in [-0.25, -0.2) is 4.39 Å². The minimum absolute atomic E-state index is 0.0615. The van der Waals surface area contributed by atoms with Gasteiger partial charge in [-0.2, -0.15) is 0 Å². The molecule has 6 nitrogen and oxygen atoms in total. The highest BCUT2D eigenvalue weighted by Gasteiger charge is 2.16. The minimum atomic E-state index is -0.396. The summed E-state index contributed by atoms with van der Waals surface area (Å²) in [7, 11) is 3.58. The number of hydrogen-bond acceptors (Lipinski definition) is 5. The Bertz CT molecular complexity index is 943. The summed E-state index contributed by atoms with van der Waals surface area (Å²) in [4.78, 5) is 13.7. The van der Waals surface area contributed by atoms with Gasteiger partial charge in [0.25, 0.3) is 0 Å². The fraction of sp³-hybridized carbons (Fsp3) is 0.222. The van der Waals surface area contributed by atoms with Gasteiger partial charge in [0.05, 0.1) is 6.54 Å². The highest BCUT2D eigenvalue weighted by molar-refractivity contribution is 6.31. The lowest BCUT2D eigenvalue weighted by Crippen LogP contribution is -2.27. The molecule has 8 heteroatoms. The standard InChI is InChI=1S/C18H17ClFN3O3/c1-23(2)9-16(24)21-18-17-14(4-3-5-15(17)26-22-18)25-10-11-8-12(20)6-7-13(11)19/h3-8H,9-10H2,1-2H3,(H,21,22,24). The molecule has 0 bridgehead atoms. The van der Waals surface area contributed by atoms with Gasteiger partial charge in [0.15, 0.2) is 11.4 Å². The van der Waals surface area contributed by atoms with Gasteiger partial charge in [0.2, 0.25) is 5.91 Å². The van der Waals surface area contributed by atoms with Crippen LogP contribution < -0.4 is 10.1 Å². The van der Waals surface area contributed by atoms with E-state index >= 15 is 0 Å². The summed E-state index contributed by atoms with van der Waals surface area (Å²) in [5, 5.41) is 7.54. The van der Waals surface area contributed by atoms with Crippen molar-refractivity contribution >= 4 is 34.3 Å². The van der Waals surface area contributed by atoms with Crippen LogP contribution in [-0.4, -0.2) is 36.6 Å². The van der Waals surface area contributed by atoms with Crippen LogP contribution in [0.2, 0.25) is 5.02 Å². The van der Waals surface area contributed by atoms with Crippen molar-refractivity contribution in [2.75, 3.05) is 26.0 Å². The first kappa shape index (κ1) is 18.2. The van der Waals surface area contributed by atoms with Gasteiger partial charge in [0, 0.05) is 10.6 Å². The molecule has 1 N–H and O–H groups in total. The number of hydrogen-bond donors (Lipinski definition) is 1. The molecular weight excluding hydrogens is 361 g/mol. The second-order valence-electron chi connectivity index (χ2n) is 5.97. The average Bonchev–Trinajstić information content (AvgIpc) is 2.98. The Morgan fingerprint density at radius 1 is 1.35 bits per heavy atom. The van der Waals surface area contributed by atoms with Crippen LogP contribution in [0, 0.1) is 5.82 Å². The van der Waals surface area contributed by atoms with Gasteiger partial charge in [-0.3, -0.25) is 4.79 Å². The van der Waals surface area contributed by atoms with Crippen molar-refractivity contribution in [3.63, 3.8) is 0 Å². The van der Waals surface area contributed by atoms with E-state index < -0.39 is 5.82 Å². The number of ether oxygens (including phenoxy) is 1. The Morgan fingerprint density at radius 3 is 2.92 bits per heavy atom. The number of nitrogens with one attached hydrogen (secondary N) is 1. The van der Waals surface area contributed by atoms with E-state index in [2.05, 4.69) is 10.5 Å². The lowest BCUT2D eigenvalue weighted by molar-refractivity contribution is -0.116. The van der Waals surface area contributed by atoms with Crippen molar-refractivity contribution in [1.82, 2.24) is 10.1 Å². The maximum Gasteiger partial charge on any atom is 0.239 e. The first-order valence-electron chi connectivity index (χ1n) is 7.84. The van der Waals surface area contributed by atoms with Gasteiger partial charge in [0.1, 0.15) is 23.6 Å². The van der Waals surface area contributed by atoms with Crippen LogP contribution in [0.4, 0.5) is 10.2 Å². The third-order valence-electron chi connectivity index (χ3n) is 3.57. The van der Waals surface area contributed by atoms with Crippen molar-refractivity contribution in [2.45, 2.75) is 6.61 Å². The number of fused-ring (bicyclic) bond motifs is 1. The molecule has 0 fully saturated rings. The summed E-state index contributed by atoms with van der Waals surface area (Å²) in [6.45, 7) is 0.266. The molecule has 26 heavy (non-hydrogen) atoms. The van der Waals surface area contributed by atoms with E-state index in [0.717, 1.165) is 0 Å². The third kappa shape index (κ3) is 4.12. The molecule has 0 saturated heterocycles. The van der Waals surface area contributed by atoms with E-state index in [4.69, 9.17) is 20.9 Å². The van der Waals surface area contributed by atoms with Crippen molar-refractivity contribution in [3.8, 4) is 5.75 Å². The first-order valence-corrected chi connectivity index (χ1v) is 8.21. The Hall–Kier alpha value is -2.64. The van der Waals surface area contributed by atoms with Gasteiger partial charge in [-0.05, 0) is 44.4 Å². The Balaban J connectivity index is 1.85. The predicted octanol–water partition coefficient (Wildman–Crippen LogP) is 3.70. The number of amides is 1. The SMILES string of the molecule is CN(C)CC(=O)Nc1noc2cccc(OCc3cc(F)ccc3Cl)c12. The second-order valence-corrected chi connectivity index (χ2v) is 6.38. The minimum Gasteiger partial charge on any atom is -0.488 e. The number of carbonyl (C=O) groups is 1. The van der Waals surface area contributed by atoms with Crippen LogP contribution in [0.3, 0.4) is 0 Å². The van der Waals surface area contributed by atoms with Crippen molar-refractivity contribution in [3.05, 3.63) is 52.8 Å². The molecule has 2 aromatic carbocycles. The number of anilines is 1. The lowest BCUT2D eigenvalue weighted by atomic mass is 10.2. The van der Waals surface area contributed by atoms with E-state index in [0.29, 0.717) is 27.3 Å². The largest absolute Gasteiger partial charge is 0.488 e. The quantitative estimate of drug-likeness (QED) is 0.709. The number of rotatable bonds is 6. The summed E-state index contributed by atoms with van der Waals surface area (Å²) in [5.41, 5.74) is 0.978. The summed E-state index contributed by atoms with van der Waals surface area (Å²) >= 11 is 6.07. The predicted molar refractivity (Wildman–Crippen MR) is 96.9 cm³/mol. The normalized spacial score (nSPS) is 11.1. The zero-order valence-electron chi connectivity index (χ0n) is 14.3. The van der Waals surface area contributed by atoms with Crippen LogP contribution >= 0.6 is 11.6 Å². The molecule has 0 aliphatic rings. The van der Waals surface area contributed by atoms with Crippen molar-refractivity contribution in [2.24, 2.45) is 0 Å². The smallest absolute Gasteiger partial charge is 0.239 e. The van der Waals surface area contributed by atoms with E-state index in [-0.39, 0.29) is 24.9 Å². The topological polar surface area (TPSA) is 67.6 Å². The van der Waals surface area contributed by atoms with E-state index in [1.54, 1.807) is 37.2 Å². The maximum absolute atomic E-state index is 13.4. The number of aromatic nitrogens is 1. The molecule has 1 aromatic heterocycles. The Kier molecular flexibility index (Phi) is 5.39. The van der Waals surface area contributed by atoms with Gasteiger partial charge >= 0.3 is 0 Å². The third-order valence-corrected chi connectivity index (χ3v) is 3.94. The molecule has 3 aromatic rings. The highest BCUT2D eigenvalue weighted by atomic mass is 35.5. The molecular formula is C18H17ClFN3O3. The molecule has 1 heterocycles. The Labute approximate surface area is 154 Å². The van der Waals surface area contributed by atoms with E-state index in [9.17, 15) is 9.18 Å². The molecule has 0 aliphatic carbocycles. The van der Waals surface area contributed by atoms with Crippen LogP contribution in [0.15, 0.2) is 40.9 Å². The molecule has 0 aliphatic heterocycles. The molecule has 3 rings (SSSR count). The number of carbonyl (C=O) groups excluding carboxylic acids is 1. The number of nitrogens with zero attached hydrogens (tertiary/aromatic N) is 2. The molecule has 0 radical (unpaired) electrons. The van der Waals surface area contributed by atoms with Crippen LogP contribution in [0.25, 0.3) is 11.0 Å². The summed E-state index contributed by atoms with van der Waals surface area (Å²) < 4.78 is 24.4. The highest BCUT2D eigenvalue weighted by Crippen LogP contribution is 2.33. The van der Waals surface area contributed by atoms with E-state index in [1.165, 1.54) is 18.2 Å². The molecule has 1 amide bonds. The summed E-state index contributed by atoms with van der Waals surface area (Å²) in [5.74, 6) is 0.0954. The van der Waals surface area contributed by atoms with Gasteiger partial charge in [-0.1, -0.05) is 22.8 Å². The summed E-state index contributed by atoms with van der Waals surface area (Å²) in [6, 6.07) is 9.24. The first-order chi connectivity index (χ1) is 12.4. The van der Waals surface area contributed by atoms with Crippen molar-refractivity contribution in [1.29, 1.82) is 0 Å². The number of benzene rings is 2. The van der Waals surface area contributed by atoms with Gasteiger partial charge in [-0.15, -0.1) is 0 Å². The molecule has 0 unspecified atom stereocenters. The fourth-order valence-electron chi connectivity index (χ4n) is 2.43. The second kappa shape index (κ2) is 7.72. The van der Waals surface area contributed by atoms with Crippen molar-refractivity contribution < 1.29 is 18.4 Å². The van der Waals surface area contributed by atoms with Gasteiger partial charge < -0.3 is 19.5 Å². The average molecular weight is 378 g/mol. The van der Waals surface area contributed by atoms with Crippen LogP contribution in [0.5, 0.6) is 5.75 Å². The monoisotopic (exact) mass is 377 g/mol. The summed E-state index contributed by atoms with van der Waals surface area (Å²) in [6.07, 6.45) is 0. The zero-order chi connectivity index (χ0) is 18.7. The number of halogens is 2. The zero-order valence-corrected chi connectivity index (χ0v) is 15.0. The fourth-order valence-corrected chi connectivity index (χ4v) is 2.61. The molecule has 0 atom stereocenters. The maximum atomic E-state index is 13.4.